The number of carbonyl (C=O) groups is 1. The summed E-state index contributed by atoms with van der Waals surface area (Å²) >= 11 is 0. The standard InChI is InChI=1S/C19H21F3N8O2/c1-3-12-13-14(28-27-12)24-10-25-16(13)30-7-5-29(6-8-30)15-11(17(31)32-4-2)9-23-18(26-15)19(20,21)22/h9-10H,3-8H2,1-2H3,(H,24,25,27,28). The molecule has 10 nitrogen and oxygen atoms in total. The molecule has 0 bridgehead atoms. The molecule has 1 saturated heterocycles. The number of hydrogen-bond donors (Lipinski definition) is 1. The van der Waals surface area contributed by atoms with Crippen LogP contribution in [0.2, 0.25) is 0 Å². The second kappa shape index (κ2) is 8.55. The van der Waals surface area contributed by atoms with E-state index in [-0.39, 0.29) is 18.0 Å². The molecule has 1 fully saturated rings. The molecule has 1 aliphatic rings. The van der Waals surface area contributed by atoms with E-state index in [1.165, 1.54) is 6.33 Å². The molecule has 1 aliphatic heterocycles. The molecule has 170 valence electrons. The first-order valence-corrected chi connectivity index (χ1v) is 10.1. The number of anilines is 2. The van der Waals surface area contributed by atoms with Gasteiger partial charge in [0.05, 0.1) is 12.0 Å². The van der Waals surface area contributed by atoms with Gasteiger partial charge in [-0.1, -0.05) is 6.92 Å². The van der Waals surface area contributed by atoms with Gasteiger partial charge in [0, 0.05) is 38.1 Å². The number of hydrogen-bond acceptors (Lipinski definition) is 9. The van der Waals surface area contributed by atoms with Crippen molar-refractivity contribution < 1.29 is 22.7 Å². The fourth-order valence-electron chi connectivity index (χ4n) is 3.63. The molecule has 1 N–H and O–H groups in total. The van der Waals surface area contributed by atoms with Gasteiger partial charge in [-0.3, -0.25) is 5.10 Å². The summed E-state index contributed by atoms with van der Waals surface area (Å²) in [6, 6.07) is 0. The Hall–Kier alpha value is -3.51. The molecule has 3 aromatic rings. The van der Waals surface area contributed by atoms with Crippen LogP contribution >= 0.6 is 0 Å². The summed E-state index contributed by atoms with van der Waals surface area (Å²) in [4.78, 5) is 31.5. The number of H-pyrrole nitrogens is 1. The van der Waals surface area contributed by atoms with Gasteiger partial charge in [-0.2, -0.15) is 18.3 Å². The molecule has 32 heavy (non-hydrogen) atoms. The predicted octanol–water partition coefficient (Wildman–Crippen LogP) is 2.23. The van der Waals surface area contributed by atoms with Crippen molar-refractivity contribution in [3.63, 3.8) is 0 Å². The maximum absolute atomic E-state index is 13.2. The molecule has 0 aliphatic carbocycles. The van der Waals surface area contributed by atoms with Crippen LogP contribution in [0.15, 0.2) is 12.5 Å². The molecule has 13 heteroatoms. The van der Waals surface area contributed by atoms with Crippen LogP contribution in [0.1, 0.15) is 35.7 Å². The van der Waals surface area contributed by atoms with Gasteiger partial charge in [0.15, 0.2) is 5.65 Å². The third-order valence-electron chi connectivity index (χ3n) is 5.16. The highest BCUT2D eigenvalue weighted by atomic mass is 19.4. The summed E-state index contributed by atoms with van der Waals surface area (Å²) in [6.07, 6.45) is -1.69. The first-order valence-electron chi connectivity index (χ1n) is 10.1. The quantitative estimate of drug-likeness (QED) is 0.585. The first-order chi connectivity index (χ1) is 15.3. The van der Waals surface area contributed by atoms with Crippen LogP contribution in [0, 0.1) is 0 Å². The summed E-state index contributed by atoms with van der Waals surface area (Å²) in [7, 11) is 0. The van der Waals surface area contributed by atoms with E-state index in [1.54, 1.807) is 11.8 Å². The minimum absolute atomic E-state index is 0.0846. The second-order valence-electron chi connectivity index (χ2n) is 7.07. The zero-order valence-electron chi connectivity index (χ0n) is 17.5. The van der Waals surface area contributed by atoms with Crippen LogP contribution in [-0.4, -0.2) is 68.9 Å². The SMILES string of the molecule is CCOC(=O)c1cnc(C(F)(F)F)nc1N1CCN(c2ncnc3n[nH]c(CC)c23)CC1. The maximum Gasteiger partial charge on any atom is 0.451 e. The van der Waals surface area contributed by atoms with Gasteiger partial charge in [0.2, 0.25) is 5.82 Å². The van der Waals surface area contributed by atoms with Gasteiger partial charge in [-0.15, -0.1) is 0 Å². The van der Waals surface area contributed by atoms with Gasteiger partial charge in [-0.25, -0.2) is 24.7 Å². The lowest BCUT2D eigenvalue weighted by Gasteiger charge is -2.36. The minimum atomic E-state index is -4.73. The molecule has 4 rings (SSSR count). The molecule has 0 radical (unpaired) electrons. The van der Waals surface area contributed by atoms with E-state index in [9.17, 15) is 18.0 Å². The number of carbonyl (C=O) groups excluding carboxylic acids is 1. The Bertz CT molecular complexity index is 1130. The van der Waals surface area contributed by atoms with Crippen molar-refractivity contribution in [2.45, 2.75) is 26.4 Å². The van der Waals surface area contributed by atoms with Crippen molar-refractivity contribution in [3.8, 4) is 0 Å². The third kappa shape index (κ3) is 4.01. The number of rotatable bonds is 5. The molecule has 4 heterocycles. The molecule has 0 saturated carbocycles. The van der Waals surface area contributed by atoms with E-state index in [2.05, 4.69) is 30.1 Å². The minimum Gasteiger partial charge on any atom is -0.462 e. The molecular formula is C19H21F3N8O2. The average Bonchev–Trinajstić information content (AvgIpc) is 3.22. The Kier molecular flexibility index (Phi) is 5.80. The molecule has 0 spiro atoms. The number of esters is 1. The van der Waals surface area contributed by atoms with Gasteiger partial charge >= 0.3 is 12.1 Å². The molecule has 0 aromatic carbocycles. The van der Waals surface area contributed by atoms with Gasteiger partial charge in [0.1, 0.15) is 23.5 Å². The Morgan fingerprint density at radius 2 is 1.78 bits per heavy atom. The summed E-state index contributed by atoms with van der Waals surface area (Å²) in [5, 5.41) is 8.00. The molecule has 0 unspecified atom stereocenters. The van der Waals surface area contributed by atoms with Crippen molar-refractivity contribution >= 4 is 28.6 Å². The average molecular weight is 450 g/mol. The number of piperazine rings is 1. The number of nitrogens with one attached hydrogen (secondary N) is 1. The fraction of sp³-hybridized carbons (Fsp3) is 0.474. The molecule has 3 aromatic heterocycles. The number of alkyl halides is 3. The number of halogens is 3. The third-order valence-corrected chi connectivity index (χ3v) is 5.16. The van der Waals surface area contributed by atoms with E-state index < -0.39 is 18.0 Å². The molecule has 0 atom stereocenters. The van der Waals surface area contributed by atoms with E-state index >= 15 is 0 Å². The summed E-state index contributed by atoms with van der Waals surface area (Å²) < 4.78 is 44.6. The zero-order valence-corrected chi connectivity index (χ0v) is 17.5. The predicted molar refractivity (Wildman–Crippen MR) is 108 cm³/mol. The lowest BCUT2D eigenvalue weighted by Crippen LogP contribution is -2.47. The summed E-state index contributed by atoms with van der Waals surface area (Å²) in [5.41, 5.74) is 1.37. The fourth-order valence-corrected chi connectivity index (χ4v) is 3.63. The number of ether oxygens (including phenoxy) is 1. The van der Waals surface area contributed by atoms with Crippen LogP contribution in [0.3, 0.4) is 0 Å². The lowest BCUT2D eigenvalue weighted by molar-refractivity contribution is -0.144. The smallest absolute Gasteiger partial charge is 0.451 e. The highest BCUT2D eigenvalue weighted by Crippen LogP contribution is 2.31. The number of aryl methyl sites for hydroxylation is 1. The summed E-state index contributed by atoms with van der Waals surface area (Å²) in [5.74, 6) is -1.44. The Balaban J connectivity index is 1.62. The van der Waals surface area contributed by atoms with E-state index in [1.807, 2.05) is 11.8 Å². The van der Waals surface area contributed by atoms with Crippen LogP contribution in [0.5, 0.6) is 0 Å². The van der Waals surface area contributed by atoms with E-state index in [0.717, 1.165) is 23.7 Å². The van der Waals surface area contributed by atoms with Crippen molar-refractivity contribution in [2.24, 2.45) is 0 Å². The Morgan fingerprint density at radius 1 is 1.09 bits per heavy atom. The van der Waals surface area contributed by atoms with Crippen LogP contribution in [0.25, 0.3) is 11.0 Å². The van der Waals surface area contributed by atoms with Crippen LogP contribution in [-0.2, 0) is 17.3 Å². The first kappa shape index (κ1) is 21.7. The van der Waals surface area contributed by atoms with Crippen molar-refractivity contribution in [3.05, 3.63) is 29.6 Å². The van der Waals surface area contributed by atoms with Crippen molar-refractivity contribution in [1.82, 2.24) is 30.1 Å². The van der Waals surface area contributed by atoms with Crippen molar-refractivity contribution in [2.75, 3.05) is 42.6 Å². The van der Waals surface area contributed by atoms with Gasteiger partial charge in [0.25, 0.3) is 0 Å². The number of nitrogens with zero attached hydrogens (tertiary/aromatic N) is 7. The lowest BCUT2D eigenvalue weighted by atomic mass is 10.2. The van der Waals surface area contributed by atoms with Crippen molar-refractivity contribution in [1.29, 1.82) is 0 Å². The Labute approximate surface area is 180 Å². The topological polar surface area (TPSA) is 113 Å². The highest BCUT2D eigenvalue weighted by Gasteiger charge is 2.37. The number of fused-ring (bicyclic) bond motifs is 1. The van der Waals surface area contributed by atoms with Crippen LogP contribution < -0.4 is 9.80 Å². The van der Waals surface area contributed by atoms with Crippen LogP contribution in [0.4, 0.5) is 24.8 Å². The number of aromatic nitrogens is 6. The molecular weight excluding hydrogens is 429 g/mol. The molecule has 0 amide bonds. The maximum atomic E-state index is 13.2. The van der Waals surface area contributed by atoms with Gasteiger partial charge < -0.3 is 14.5 Å². The van der Waals surface area contributed by atoms with Gasteiger partial charge in [-0.05, 0) is 13.3 Å². The van der Waals surface area contributed by atoms with E-state index in [0.29, 0.717) is 37.6 Å². The van der Waals surface area contributed by atoms with E-state index in [4.69, 9.17) is 4.74 Å². The zero-order chi connectivity index (χ0) is 22.9. The number of aromatic amines is 1. The normalized spacial score (nSPS) is 14.8. The highest BCUT2D eigenvalue weighted by molar-refractivity contribution is 5.94. The largest absolute Gasteiger partial charge is 0.462 e. The Morgan fingerprint density at radius 3 is 2.41 bits per heavy atom. The monoisotopic (exact) mass is 450 g/mol. The second-order valence-corrected chi connectivity index (χ2v) is 7.07. The summed E-state index contributed by atoms with van der Waals surface area (Å²) in [6.45, 7) is 5.25.